The van der Waals surface area contributed by atoms with Gasteiger partial charge in [0.25, 0.3) is 11.8 Å². The molecule has 1 aliphatic rings. The molecule has 0 bridgehead atoms. The van der Waals surface area contributed by atoms with Gasteiger partial charge in [-0.25, -0.2) is 9.07 Å². The Kier molecular flexibility index (Phi) is 7.19. The van der Waals surface area contributed by atoms with Crippen LogP contribution >= 0.6 is 11.6 Å². The van der Waals surface area contributed by atoms with Crippen LogP contribution in [-0.4, -0.2) is 57.0 Å². The number of carbonyl (C=O) groups is 2. The molecule has 194 valence electrons. The molecule has 1 fully saturated rings. The Hall–Kier alpha value is -4.12. The van der Waals surface area contributed by atoms with Crippen LogP contribution in [0.25, 0.3) is 16.9 Å². The summed E-state index contributed by atoms with van der Waals surface area (Å²) in [6, 6.07) is 17.8. The first-order valence-electron chi connectivity index (χ1n) is 11.8. The molecule has 2 aromatic heterocycles. The van der Waals surface area contributed by atoms with Crippen molar-refractivity contribution in [3.05, 3.63) is 95.0 Å². The van der Waals surface area contributed by atoms with Gasteiger partial charge in [-0.05, 0) is 42.8 Å². The molecule has 2 amide bonds. The van der Waals surface area contributed by atoms with Gasteiger partial charge in [0.05, 0.1) is 40.7 Å². The summed E-state index contributed by atoms with van der Waals surface area (Å²) in [5.41, 5.74) is 0.462. The van der Waals surface area contributed by atoms with Crippen LogP contribution in [0, 0.1) is 5.82 Å². The first-order chi connectivity index (χ1) is 18.4. The van der Waals surface area contributed by atoms with Gasteiger partial charge < -0.3 is 20.5 Å². The largest absolute Gasteiger partial charge is 0.396 e. The van der Waals surface area contributed by atoms with Gasteiger partial charge >= 0.3 is 0 Å². The normalized spacial score (nSPS) is 14.0. The van der Waals surface area contributed by atoms with E-state index in [9.17, 15) is 19.1 Å². The standard InChI is InChI=1S/C27H23ClFN5O4/c28-20-13-21(29)19(22-8-4-5-10-30-22)12-18(20)25(36)31-24-14-23(33-34(24)17-6-2-1-3-7-17)26(37)32-27(9-11-35)15-38-16-27/h1-8,10,12-14,35H,9,11,15-16H2,(H,31,36)(H,32,37). The average Bonchev–Trinajstić information content (AvgIpc) is 3.32. The van der Waals surface area contributed by atoms with Gasteiger partial charge in [-0.2, -0.15) is 5.10 Å². The number of aliphatic hydroxyl groups is 1. The quantitative estimate of drug-likeness (QED) is 0.315. The fraction of sp³-hybridized carbons (Fsp3) is 0.185. The van der Waals surface area contributed by atoms with Crippen molar-refractivity contribution in [2.75, 3.05) is 25.1 Å². The molecule has 9 nitrogen and oxygen atoms in total. The summed E-state index contributed by atoms with van der Waals surface area (Å²) in [7, 11) is 0. The van der Waals surface area contributed by atoms with Gasteiger partial charge in [0.1, 0.15) is 11.6 Å². The molecular weight excluding hydrogens is 513 g/mol. The van der Waals surface area contributed by atoms with Crippen molar-refractivity contribution >= 4 is 29.2 Å². The maximum absolute atomic E-state index is 14.7. The Labute approximate surface area is 222 Å². The Bertz CT molecular complexity index is 1480. The van der Waals surface area contributed by atoms with E-state index in [1.54, 1.807) is 42.5 Å². The minimum atomic E-state index is -0.671. The number of aliphatic hydroxyl groups excluding tert-OH is 1. The molecule has 1 aliphatic heterocycles. The summed E-state index contributed by atoms with van der Waals surface area (Å²) in [6.07, 6.45) is 1.86. The molecule has 0 aliphatic carbocycles. The summed E-state index contributed by atoms with van der Waals surface area (Å²) < 4.78 is 21.3. The van der Waals surface area contributed by atoms with Gasteiger partial charge in [0, 0.05) is 24.4 Å². The Morgan fingerprint density at radius 1 is 1.08 bits per heavy atom. The molecule has 0 radical (unpaired) electrons. The third kappa shape index (κ3) is 5.14. The topological polar surface area (TPSA) is 118 Å². The fourth-order valence-electron chi connectivity index (χ4n) is 4.12. The number of anilines is 1. The molecule has 3 N–H and O–H groups in total. The number of aromatic nitrogens is 3. The maximum atomic E-state index is 14.7. The number of hydrogen-bond donors (Lipinski definition) is 3. The highest BCUT2D eigenvalue weighted by atomic mass is 35.5. The molecule has 0 atom stereocenters. The van der Waals surface area contributed by atoms with E-state index in [2.05, 4.69) is 20.7 Å². The van der Waals surface area contributed by atoms with Crippen LogP contribution in [0.3, 0.4) is 0 Å². The highest BCUT2D eigenvalue weighted by Crippen LogP contribution is 2.29. The van der Waals surface area contributed by atoms with E-state index in [0.29, 0.717) is 17.8 Å². The first kappa shape index (κ1) is 25.5. The number of carbonyl (C=O) groups excluding carboxylic acids is 2. The molecule has 2 aromatic carbocycles. The highest BCUT2D eigenvalue weighted by Gasteiger charge is 2.40. The second-order valence-electron chi connectivity index (χ2n) is 8.84. The molecule has 38 heavy (non-hydrogen) atoms. The smallest absolute Gasteiger partial charge is 0.272 e. The monoisotopic (exact) mass is 535 g/mol. The van der Waals surface area contributed by atoms with Crippen LogP contribution in [0.2, 0.25) is 5.02 Å². The van der Waals surface area contributed by atoms with E-state index >= 15 is 0 Å². The number of rotatable bonds is 8. The lowest BCUT2D eigenvalue weighted by Crippen LogP contribution is -2.62. The van der Waals surface area contributed by atoms with Gasteiger partial charge in [-0.3, -0.25) is 14.6 Å². The third-order valence-electron chi connectivity index (χ3n) is 6.15. The Morgan fingerprint density at radius 2 is 1.84 bits per heavy atom. The van der Waals surface area contributed by atoms with Crippen molar-refractivity contribution in [1.29, 1.82) is 0 Å². The SMILES string of the molecule is O=C(NC1(CCO)COC1)c1cc(NC(=O)c2cc(-c3ccccn3)c(F)cc2Cl)n(-c2ccccc2)n1. The van der Waals surface area contributed by atoms with Crippen molar-refractivity contribution < 1.29 is 23.8 Å². The van der Waals surface area contributed by atoms with Gasteiger partial charge in [0.2, 0.25) is 0 Å². The molecule has 3 heterocycles. The summed E-state index contributed by atoms with van der Waals surface area (Å²) in [6.45, 7) is 0.455. The molecule has 11 heteroatoms. The number of halogens is 2. The summed E-state index contributed by atoms with van der Waals surface area (Å²) in [4.78, 5) is 30.6. The van der Waals surface area contributed by atoms with Crippen LogP contribution in [0.15, 0.2) is 72.9 Å². The summed E-state index contributed by atoms with van der Waals surface area (Å²) >= 11 is 6.25. The van der Waals surface area contributed by atoms with Gasteiger partial charge in [-0.1, -0.05) is 35.9 Å². The number of nitrogens with one attached hydrogen (secondary N) is 2. The van der Waals surface area contributed by atoms with Crippen LogP contribution in [-0.2, 0) is 4.74 Å². The fourth-order valence-corrected chi connectivity index (χ4v) is 4.35. The van der Waals surface area contributed by atoms with E-state index in [-0.39, 0.29) is 47.5 Å². The van der Waals surface area contributed by atoms with Crippen LogP contribution < -0.4 is 10.6 Å². The van der Waals surface area contributed by atoms with Crippen molar-refractivity contribution in [2.45, 2.75) is 12.0 Å². The minimum Gasteiger partial charge on any atom is -0.396 e. The van der Waals surface area contributed by atoms with Crippen molar-refractivity contribution in [1.82, 2.24) is 20.1 Å². The number of amides is 2. The lowest BCUT2D eigenvalue weighted by Gasteiger charge is -2.41. The lowest BCUT2D eigenvalue weighted by molar-refractivity contribution is -0.0785. The van der Waals surface area contributed by atoms with Crippen LogP contribution in [0.5, 0.6) is 0 Å². The maximum Gasteiger partial charge on any atom is 0.272 e. The second-order valence-corrected chi connectivity index (χ2v) is 9.25. The number of benzene rings is 2. The van der Waals surface area contributed by atoms with E-state index < -0.39 is 23.2 Å². The molecule has 0 unspecified atom stereocenters. The second kappa shape index (κ2) is 10.7. The van der Waals surface area contributed by atoms with Gasteiger partial charge in [-0.15, -0.1) is 0 Å². The van der Waals surface area contributed by atoms with Crippen molar-refractivity contribution in [2.24, 2.45) is 0 Å². The van der Waals surface area contributed by atoms with E-state index in [0.717, 1.165) is 6.07 Å². The van der Waals surface area contributed by atoms with E-state index in [1.165, 1.54) is 23.0 Å². The number of hydrogen-bond acceptors (Lipinski definition) is 6. The summed E-state index contributed by atoms with van der Waals surface area (Å²) in [5, 5.41) is 19.3. The van der Waals surface area contributed by atoms with E-state index in [1.807, 2.05) is 6.07 Å². The zero-order chi connectivity index (χ0) is 26.7. The molecule has 1 saturated heterocycles. The number of nitrogens with zero attached hydrogens (tertiary/aromatic N) is 3. The van der Waals surface area contributed by atoms with Crippen LogP contribution in [0.4, 0.5) is 10.2 Å². The predicted molar refractivity (Wildman–Crippen MR) is 139 cm³/mol. The van der Waals surface area contributed by atoms with Crippen LogP contribution in [0.1, 0.15) is 27.3 Å². The zero-order valence-corrected chi connectivity index (χ0v) is 20.8. The molecular formula is C27H23ClFN5O4. The molecule has 0 spiro atoms. The Morgan fingerprint density at radius 3 is 2.50 bits per heavy atom. The Balaban J connectivity index is 1.47. The average molecular weight is 536 g/mol. The van der Waals surface area contributed by atoms with Crippen molar-refractivity contribution in [3.63, 3.8) is 0 Å². The number of pyridine rings is 1. The van der Waals surface area contributed by atoms with Gasteiger partial charge in [0.15, 0.2) is 5.69 Å². The molecule has 4 aromatic rings. The zero-order valence-electron chi connectivity index (χ0n) is 20.0. The molecule has 5 rings (SSSR count). The molecule has 0 saturated carbocycles. The third-order valence-corrected chi connectivity index (χ3v) is 6.47. The number of ether oxygens (including phenoxy) is 1. The summed E-state index contributed by atoms with van der Waals surface area (Å²) in [5.74, 6) is -1.52. The predicted octanol–water partition coefficient (Wildman–Crippen LogP) is 3.86. The highest BCUT2D eigenvalue weighted by molar-refractivity contribution is 6.34. The van der Waals surface area contributed by atoms with Crippen molar-refractivity contribution in [3.8, 4) is 16.9 Å². The first-order valence-corrected chi connectivity index (χ1v) is 12.2. The number of para-hydroxylation sites is 1. The van der Waals surface area contributed by atoms with E-state index in [4.69, 9.17) is 16.3 Å². The lowest BCUT2D eigenvalue weighted by atomic mass is 9.93. The minimum absolute atomic E-state index is 0.0223.